The Morgan fingerprint density at radius 2 is 2.35 bits per heavy atom. The molecule has 2 aromatic rings. The molecule has 0 atom stereocenters. The average molecular weight is 316 g/mol. The molecule has 17 heavy (non-hydrogen) atoms. The van der Waals surface area contributed by atoms with Gasteiger partial charge in [0.15, 0.2) is 5.82 Å². The molecule has 0 fully saturated rings. The zero-order valence-corrected chi connectivity index (χ0v) is 12.1. The van der Waals surface area contributed by atoms with Crippen LogP contribution in [0.5, 0.6) is 0 Å². The minimum atomic E-state index is 0.427. The van der Waals surface area contributed by atoms with Crippen LogP contribution in [0.1, 0.15) is 24.5 Å². The number of tetrazole rings is 1. The minimum Gasteiger partial charge on any atom is -0.308 e. The maximum atomic E-state index is 4.02. The van der Waals surface area contributed by atoms with Gasteiger partial charge in [0.05, 0.1) is 13.1 Å². The Morgan fingerprint density at radius 3 is 3.00 bits per heavy atom. The summed E-state index contributed by atoms with van der Waals surface area (Å²) in [5, 5.41) is 17.1. The summed E-state index contributed by atoms with van der Waals surface area (Å²) in [6, 6.07) is 2.52. The van der Waals surface area contributed by atoms with Gasteiger partial charge in [-0.3, -0.25) is 0 Å². The lowest BCUT2D eigenvalue weighted by Gasteiger charge is -2.07. The topological polar surface area (TPSA) is 55.6 Å². The molecule has 0 aliphatic carbocycles. The van der Waals surface area contributed by atoms with Gasteiger partial charge in [0.2, 0.25) is 0 Å². The Labute approximate surface area is 112 Å². The predicted octanol–water partition coefficient (Wildman–Crippen LogP) is 2.04. The van der Waals surface area contributed by atoms with Crippen LogP contribution in [0.3, 0.4) is 0 Å². The number of halogens is 1. The van der Waals surface area contributed by atoms with Gasteiger partial charge in [-0.1, -0.05) is 13.8 Å². The highest BCUT2D eigenvalue weighted by Gasteiger charge is 2.08. The van der Waals surface area contributed by atoms with Crippen LogP contribution in [0, 0.1) is 0 Å². The van der Waals surface area contributed by atoms with Gasteiger partial charge in [0, 0.05) is 20.8 Å². The van der Waals surface area contributed by atoms with Gasteiger partial charge in [-0.05, 0) is 32.4 Å². The summed E-state index contributed by atoms with van der Waals surface area (Å²) in [6.07, 6.45) is 0. The second kappa shape index (κ2) is 5.70. The summed E-state index contributed by atoms with van der Waals surface area (Å²) >= 11 is 5.14. The molecule has 2 aromatic heterocycles. The molecule has 0 radical (unpaired) electrons. The lowest BCUT2D eigenvalue weighted by molar-refractivity contribution is 0.539. The number of hydrogen-bond donors (Lipinski definition) is 1. The van der Waals surface area contributed by atoms with Crippen LogP contribution in [0.25, 0.3) is 0 Å². The van der Waals surface area contributed by atoms with E-state index >= 15 is 0 Å². The molecule has 0 saturated carbocycles. The SMILES string of the molecule is CC(C)NCc1nnnn1Cc1cc(Br)cs1. The van der Waals surface area contributed by atoms with Crippen molar-refractivity contribution in [3.63, 3.8) is 0 Å². The normalized spacial score (nSPS) is 11.3. The van der Waals surface area contributed by atoms with Crippen LogP contribution < -0.4 is 5.32 Å². The molecule has 0 unspecified atom stereocenters. The van der Waals surface area contributed by atoms with Gasteiger partial charge in [-0.15, -0.1) is 16.4 Å². The van der Waals surface area contributed by atoms with Gasteiger partial charge in [0.1, 0.15) is 0 Å². The van der Waals surface area contributed by atoms with Crippen molar-refractivity contribution >= 4 is 27.3 Å². The van der Waals surface area contributed by atoms with Crippen LogP contribution in [0.4, 0.5) is 0 Å². The summed E-state index contributed by atoms with van der Waals surface area (Å²) in [5.74, 6) is 0.864. The van der Waals surface area contributed by atoms with E-state index in [1.165, 1.54) is 4.88 Å². The number of hydrogen-bond acceptors (Lipinski definition) is 5. The number of thiophene rings is 1. The Hall–Kier alpha value is -0.790. The molecule has 5 nitrogen and oxygen atoms in total. The van der Waals surface area contributed by atoms with Crippen molar-refractivity contribution < 1.29 is 0 Å². The van der Waals surface area contributed by atoms with Crippen LogP contribution in [0.15, 0.2) is 15.9 Å². The quantitative estimate of drug-likeness (QED) is 0.917. The molecule has 0 bridgehead atoms. The van der Waals surface area contributed by atoms with Gasteiger partial charge in [-0.2, -0.15) is 0 Å². The van der Waals surface area contributed by atoms with E-state index in [1.807, 2.05) is 4.68 Å². The monoisotopic (exact) mass is 315 g/mol. The fourth-order valence-corrected chi connectivity index (χ4v) is 2.78. The predicted molar refractivity (Wildman–Crippen MR) is 70.9 cm³/mol. The Bertz CT molecular complexity index is 479. The van der Waals surface area contributed by atoms with Crippen molar-refractivity contribution in [1.82, 2.24) is 25.5 Å². The molecule has 92 valence electrons. The number of rotatable bonds is 5. The van der Waals surface area contributed by atoms with E-state index in [9.17, 15) is 0 Å². The lowest BCUT2D eigenvalue weighted by atomic mass is 10.4. The summed E-state index contributed by atoms with van der Waals surface area (Å²) in [7, 11) is 0. The van der Waals surface area contributed by atoms with E-state index in [0.29, 0.717) is 12.6 Å². The standard InChI is InChI=1S/C10H14BrN5S/c1-7(2)12-4-10-13-14-15-16(10)5-9-3-8(11)6-17-9/h3,6-7,12H,4-5H2,1-2H3. The Morgan fingerprint density at radius 1 is 1.53 bits per heavy atom. The van der Waals surface area contributed by atoms with Gasteiger partial charge in [0.25, 0.3) is 0 Å². The first-order valence-electron chi connectivity index (χ1n) is 5.36. The molecule has 2 heterocycles. The summed E-state index contributed by atoms with van der Waals surface area (Å²) in [6.45, 7) is 5.62. The van der Waals surface area contributed by atoms with Crippen LogP contribution in [0.2, 0.25) is 0 Å². The van der Waals surface area contributed by atoms with Crippen LogP contribution in [-0.2, 0) is 13.1 Å². The van der Waals surface area contributed by atoms with Crippen molar-refractivity contribution in [2.75, 3.05) is 0 Å². The highest BCUT2D eigenvalue weighted by atomic mass is 79.9. The maximum Gasteiger partial charge on any atom is 0.165 e. The molecule has 2 rings (SSSR count). The van der Waals surface area contributed by atoms with E-state index in [2.05, 4.69) is 62.1 Å². The number of aromatic nitrogens is 4. The van der Waals surface area contributed by atoms with E-state index in [-0.39, 0.29) is 0 Å². The van der Waals surface area contributed by atoms with Crippen molar-refractivity contribution in [3.05, 3.63) is 26.6 Å². The highest BCUT2D eigenvalue weighted by molar-refractivity contribution is 9.10. The van der Waals surface area contributed by atoms with E-state index in [0.717, 1.165) is 16.8 Å². The van der Waals surface area contributed by atoms with Crippen LogP contribution in [-0.4, -0.2) is 26.2 Å². The second-order valence-electron chi connectivity index (χ2n) is 4.02. The first-order chi connectivity index (χ1) is 8.15. The third-order valence-corrected chi connectivity index (χ3v) is 3.88. The molecule has 0 spiro atoms. The van der Waals surface area contributed by atoms with E-state index < -0.39 is 0 Å². The van der Waals surface area contributed by atoms with E-state index in [1.54, 1.807) is 11.3 Å². The number of nitrogens with zero attached hydrogens (tertiary/aromatic N) is 4. The summed E-state index contributed by atoms with van der Waals surface area (Å²) in [4.78, 5) is 1.23. The van der Waals surface area contributed by atoms with Crippen molar-refractivity contribution in [2.45, 2.75) is 33.0 Å². The first kappa shape index (κ1) is 12.7. The molecular formula is C10H14BrN5S. The largest absolute Gasteiger partial charge is 0.308 e. The minimum absolute atomic E-state index is 0.427. The second-order valence-corrected chi connectivity index (χ2v) is 5.93. The molecule has 0 aliphatic rings. The van der Waals surface area contributed by atoms with Crippen molar-refractivity contribution in [1.29, 1.82) is 0 Å². The van der Waals surface area contributed by atoms with Gasteiger partial charge < -0.3 is 5.32 Å². The lowest BCUT2D eigenvalue weighted by Crippen LogP contribution is -2.24. The third kappa shape index (κ3) is 3.58. The Kier molecular flexibility index (Phi) is 4.25. The molecule has 0 aromatic carbocycles. The van der Waals surface area contributed by atoms with E-state index in [4.69, 9.17) is 0 Å². The highest BCUT2D eigenvalue weighted by Crippen LogP contribution is 2.20. The zero-order chi connectivity index (χ0) is 12.3. The fourth-order valence-electron chi connectivity index (χ4n) is 1.35. The molecule has 1 N–H and O–H groups in total. The van der Waals surface area contributed by atoms with Gasteiger partial charge in [-0.25, -0.2) is 4.68 Å². The maximum absolute atomic E-state index is 4.02. The smallest absolute Gasteiger partial charge is 0.165 e. The van der Waals surface area contributed by atoms with Gasteiger partial charge >= 0.3 is 0 Å². The van der Waals surface area contributed by atoms with Crippen molar-refractivity contribution in [2.24, 2.45) is 0 Å². The molecule has 0 amide bonds. The van der Waals surface area contributed by atoms with Crippen molar-refractivity contribution in [3.8, 4) is 0 Å². The fraction of sp³-hybridized carbons (Fsp3) is 0.500. The molecule has 0 aliphatic heterocycles. The molecule has 7 heteroatoms. The summed E-state index contributed by atoms with van der Waals surface area (Å²) in [5.41, 5.74) is 0. The first-order valence-corrected chi connectivity index (χ1v) is 7.03. The number of nitrogens with one attached hydrogen (secondary N) is 1. The zero-order valence-electron chi connectivity index (χ0n) is 9.72. The Balaban J connectivity index is 2.03. The summed E-state index contributed by atoms with van der Waals surface area (Å²) < 4.78 is 2.93. The van der Waals surface area contributed by atoms with Crippen LogP contribution >= 0.6 is 27.3 Å². The molecule has 0 saturated heterocycles. The average Bonchev–Trinajstić information content (AvgIpc) is 2.86. The third-order valence-electron chi connectivity index (χ3n) is 2.20. The molecular weight excluding hydrogens is 302 g/mol.